The number of hydrogen-bond acceptors (Lipinski definition) is 5. The molecular formula is C9H13ClN4O. The molecule has 15 heavy (non-hydrogen) atoms. The Labute approximate surface area is 92.9 Å². The van der Waals surface area contributed by atoms with Gasteiger partial charge < -0.3 is 15.7 Å². The molecule has 0 radical (unpaired) electrons. The molecule has 0 atom stereocenters. The van der Waals surface area contributed by atoms with E-state index in [0.717, 1.165) is 25.9 Å². The van der Waals surface area contributed by atoms with Crippen molar-refractivity contribution in [3.05, 3.63) is 11.3 Å². The van der Waals surface area contributed by atoms with Gasteiger partial charge in [-0.25, -0.2) is 9.97 Å². The van der Waals surface area contributed by atoms with Gasteiger partial charge in [0, 0.05) is 13.1 Å². The highest BCUT2D eigenvalue weighted by Crippen LogP contribution is 2.28. The molecule has 5 nitrogen and oxygen atoms in total. The van der Waals surface area contributed by atoms with Crippen molar-refractivity contribution in [2.75, 3.05) is 23.7 Å². The summed E-state index contributed by atoms with van der Waals surface area (Å²) < 4.78 is 0. The van der Waals surface area contributed by atoms with Gasteiger partial charge in [-0.05, 0) is 12.8 Å². The fourth-order valence-corrected chi connectivity index (χ4v) is 1.89. The second-order valence-corrected chi connectivity index (χ2v) is 3.99. The summed E-state index contributed by atoms with van der Waals surface area (Å²) in [6, 6.07) is 0. The lowest BCUT2D eigenvalue weighted by molar-refractivity contribution is 0.145. The Morgan fingerprint density at radius 3 is 2.73 bits per heavy atom. The third-order valence-electron chi connectivity index (χ3n) is 2.56. The number of hydrogen-bond donors (Lipinski definition) is 2. The van der Waals surface area contributed by atoms with E-state index in [-0.39, 0.29) is 6.10 Å². The lowest BCUT2D eigenvalue weighted by Gasteiger charge is -2.30. The molecule has 0 amide bonds. The topological polar surface area (TPSA) is 75.3 Å². The first-order valence-electron chi connectivity index (χ1n) is 4.87. The van der Waals surface area contributed by atoms with Gasteiger partial charge in [-0.3, -0.25) is 0 Å². The van der Waals surface area contributed by atoms with Gasteiger partial charge in [-0.1, -0.05) is 11.6 Å². The lowest BCUT2D eigenvalue weighted by atomic mass is 10.1. The Morgan fingerprint density at radius 1 is 1.40 bits per heavy atom. The first-order valence-corrected chi connectivity index (χ1v) is 5.25. The zero-order chi connectivity index (χ0) is 10.8. The molecule has 1 saturated heterocycles. The number of rotatable bonds is 1. The Balaban J connectivity index is 2.19. The van der Waals surface area contributed by atoms with Crippen LogP contribution in [0.4, 0.5) is 11.6 Å². The van der Waals surface area contributed by atoms with Crippen LogP contribution in [-0.2, 0) is 0 Å². The van der Waals surface area contributed by atoms with Crippen LogP contribution in [-0.4, -0.2) is 34.3 Å². The minimum Gasteiger partial charge on any atom is -0.393 e. The maximum Gasteiger partial charge on any atom is 0.153 e. The second-order valence-electron chi connectivity index (χ2n) is 3.61. The van der Waals surface area contributed by atoms with E-state index in [1.54, 1.807) is 0 Å². The lowest BCUT2D eigenvalue weighted by Crippen LogP contribution is -2.36. The SMILES string of the molecule is Nc1ncnc(N2CCC(O)CC2)c1Cl. The summed E-state index contributed by atoms with van der Waals surface area (Å²) in [6.45, 7) is 1.49. The molecule has 3 N–H and O–H groups in total. The van der Waals surface area contributed by atoms with Crippen LogP contribution in [0, 0.1) is 0 Å². The largest absolute Gasteiger partial charge is 0.393 e. The highest BCUT2D eigenvalue weighted by atomic mass is 35.5. The minimum absolute atomic E-state index is 0.209. The average molecular weight is 229 g/mol. The van der Waals surface area contributed by atoms with Gasteiger partial charge >= 0.3 is 0 Å². The highest BCUT2D eigenvalue weighted by molar-refractivity contribution is 6.35. The van der Waals surface area contributed by atoms with Crippen molar-refractivity contribution in [1.82, 2.24) is 9.97 Å². The Kier molecular flexibility index (Phi) is 2.93. The van der Waals surface area contributed by atoms with Crippen molar-refractivity contribution < 1.29 is 5.11 Å². The fraction of sp³-hybridized carbons (Fsp3) is 0.556. The van der Waals surface area contributed by atoms with Crippen LogP contribution in [0.2, 0.25) is 5.02 Å². The monoisotopic (exact) mass is 228 g/mol. The number of aliphatic hydroxyl groups excluding tert-OH is 1. The molecule has 0 bridgehead atoms. The first-order chi connectivity index (χ1) is 7.18. The molecule has 1 aromatic heterocycles. The van der Waals surface area contributed by atoms with Gasteiger partial charge in [0.2, 0.25) is 0 Å². The second kappa shape index (κ2) is 4.20. The summed E-state index contributed by atoms with van der Waals surface area (Å²) in [7, 11) is 0. The zero-order valence-electron chi connectivity index (χ0n) is 8.23. The fourth-order valence-electron chi connectivity index (χ4n) is 1.67. The van der Waals surface area contributed by atoms with E-state index >= 15 is 0 Å². The standard InChI is InChI=1S/C9H13ClN4O/c10-7-8(11)12-5-13-9(7)14-3-1-6(15)2-4-14/h5-6,15H,1-4H2,(H2,11,12,13). The van der Waals surface area contributed by atoms with Crippen LogP contribution in [0.25, 0.3) is 0 Å². The maximum absolute atomic E-state index is 9.38. The number of nitrogens with zero attached hydrogens (tertiary/aromatic N) is 3. The maximum atomic E-state index is 9.38. The van der Waals surface area contributed by atoms with Crippen molar-refractivity contribution >= 4 is 23.2 Å². The molecule has 0 aliphatic carbocycles. The number of aromatic nitrogens is 2. The Hall–Kier alpha value is -1.07. The molecular weight excluding hydrogens is 216 g/mol. The van der Waals surface area contributed by atoms with Crippen LogP contribution in [0.1, 0.15) is 12.8 Å². The summed E-state index contributed by atoms with van der Waals surface area (Å²) in [5.74, 6) is 0.962. The van der Waals surface area contributed by atoms with E-state index in [1.165, 1.54) is 6.33 Å². The number of anilines is 2. The zero-order valence-corrected chi connectivity index (χ0v) is 8.98. The molecule has 0 spiro atoms. The molecule has 1 aliphatic heterocycles. The molecule has 1 aromatic rings. The van der Waals surface area contributed by atoms with Crippen LogP contribution < -0.4 is 10.6 Å². The Morgan fingerprint density at radius 2 is 2.07 bits per heavy atom. The van der Waals surface area contributed by atoms with E-state index in [0.29, 0.717) is 16.7 Å². The Bertz CT molecular complexity index is 352. The normalized spacial score (nSPS) is 18.1. The summed E-state index contributed by atoms with van der Waals surface area (Å²) in [5, 5.41) is 9.78. The van der Waals surface area contributed by atoms with Gasteiger partial charge in [0.15, 0.2) is 5.82 Å². The van der Waals surface area contributed by atoms with E-state index in [1.807, 2.05) is 4.90 Å². The first kappa shape index (κ1) is 10.4. The van der Waals surface area contributed by atoms with E-state index in [4.69, 9.17) is 17.3 Å². The molecule has 2 rings (SSSR count). The smallest absolute Gasteiger partial charge is 0.153 e. The molecule has 2 heterocycles. The molecule has 6 heteroatoms. The molecule has 1 fully saturated rings. The number of aliphatic hydroxyl groups is 1. The van der Waals surface area contributed by atoms with Crippen molar-refractivity contribution in [2.45, 2.75) is 18.9 Å². The van der Waals surface area contributed by atoms with Crippen LogP contribution in [0.15, 0.2) is 6.33 Å². The summed E-state index contributed by atoms with van der Waals surface area (Å²) in [6.07, 6.45) is 2.67. The number of nitrogen functional groups attached to an aromatic ring is 1. The number of piperidine rings is 1. The number of halogens is 1. The van der Waals surface area contributed by atoms with Crippen molar-refractivity contribution in [3.8, 4) is 0 Å². The van der Waals surface area contributed by atoms with Crippen molar-refractivity contribution in [3.63, 3.8) is 0 Å². The third kappa shape index (κ3) is 2.13. The van der Waals surface area contributed by atoms with Crippen LogP contribution in [0.3, 0.4) is 0 Å². The van der Waals surface area contributed by atoms with Crippen LogP contribution >= 0.6 is 11.6 Å². The molecule has 0 aromatic carbocycles. The quantitative estimate of drug-likeness (QED) is 0.739. The minimum atomic E-state index is -0.209. The predicted molar refractivity (Wildman–Crippen MR) is 58.9 cm³/mol. The molecule has 82 valence electrons. The number of nitrogens with two attached hydrogens (primary N) is 1. The average Bonchev–Trinajstić information content (AvgIpc) is 2.24. The summed E-state index contributed by atoms with van der Waals surface area (Å²) in [5.41, 5.74) is 5.60. The van der Waals surface area contributed by atoms with E-state index in [2.05, 4.69) is 9.97 Å². The predicted octanol–water partition coefficient (Wildman–Crippen LogP) is 0.673. The molecule has 0 saturated carbocycles. The third-order valence-corrected chi connectivity index (χ3v) is 2.92. The van der Waals surface area contributed by atoms with Crippen LogP contribution in [0.5, 0.6) is 0 Å². The molecule has 0 unspecified atom stereocenters. The van der Waals surface area contributed by atoms with Gasteiger partial charge in [0.05, 0.1) is 6.10 Å². The van der Waals surface area contributed by atoms with E-state index in [9.17, 15) is 5.11 Å². The molecule has 1 aliphatic rings. The highest BCUT2D eigenvalue weighted by Gasteiger charge is 2.20. The van der Waals surface area contributed by atoms with E-state index < -0.39 is 0 Å². The van der Waals surface area contributed by atoms with Gasteiger partial charge in [-0.2, -0.15) is 0 Å². The van der Waals surface area contributed by atoms with Gasteiger partial charge in [0.25, 0.3) is 0 Å². The van der Waals surface area contributed by atoms with Crippen molar-refractivity contribution in [2.24, 2.45) is 0 Å². The van der Waals surface area contributed by atoms with Crippen molar-refractivity contribution in [1.29, 1.82) is 0 Å². The summed E-state index contributed by atoms with van der Waals surface area (Å²) >= 11 is 6.01. The van der Waals surface area contributed by atoms with Gasteiger partial charge in [-0.15, -0.1) is 0 Å². The van der Waals surface area contributed by atoms with Gasteiger partial charge in [0.1, 0.15) is 17.2 Å². The summed E-state index contributed by atoms with van der Waals surface area (Å²) in [4.78, 5) is 9.94.